The van der Waals surface area contributed by atoms with Gasteiger partial charge < -0.3 is 39.9 Å². The third-order valence-electron chi connectivity index (χ3n) is 10.6. The van der Waals surface area contributed by atoms with Crippen molar-refractivity contribution in [1.29, 1.82) is 0 Å². The molecule has 0 aromatic carbocycles. The standard InChI is InChI=1S/C47H83O13P/c1-3-5-7-9-11-13-15-17-19-20-22-23-25-27-29-31-33-35-40(48)57-37-39(38-58-61(55,56)60-47-45(53)43(51)42(50)44(52)46(47)54)59-41(49)36-34-32-30-28-26-24-21-18-16-14-12-10-8-6-4-2/h17,19,22-23,26-29,39,42-47,50-54H,3-16,18,20-21,24-25,30-38H2,1-2H3,(H,55,56)/b19-17+,23-22+,28-26+,29-27+/t39-,42?,43-,44?,45?,46?,47?/m0/s1. The molecule has 8 atom stereocenters. The van der Waals surface area contributed by atoms with Crippen molar-refractivity contribution in [3.05, 3.63) is 48.6 Å². The minimum Gasteiger partial charge on any atom is -0.462 e. The number of carbonyl (C=O) groups excluding carboxylic acids is 2. The van der Waals surface area contributed by atoms with E-state index in [9.17, 15) is 44.6 Å². The summed E-state index contributed by atoms with van der Waals surface area (Å²) in [6, 6.07) is 0. The molecule has 1 rings (SSSR count). The fourth-order valence-corrected chi connectivity index (χ4v) is 7.80. The van der Waals surface area contributed by atoms with Crippen LogP contribution in [0.2, 0.25) is 0 Å². The average molecular weight is 887 g/mol. The molecule has 0 heterocycles. The smallest absolute Gasteiger partial charge is 0.462 e. The average Bonchev–Trinajstić information content (AvgIpc) is 3.24. The molecule has 0 bridgehead atoms. The Morgan fingerprint density at radius 2 is 0.902 bits per heavy atom. The zero-order valence-corrected chi connectivity index (χ0v) is 38.3. The van der Waals surface area contributed by atoms with Crippen LogP contribution in [0.3, 0.4) is 0 Å². The summed E-state index contributed by atoms with van der Waals surface area (Å²) in [5.41, 5.74) is 0. The maximum absolute atomic E-state index is 12.8. The summed E-state index contributed by atoms with van der Waals surface area (Å²) in [7, 11) is -5.13. The number of ether oxygens (including phenoxy) is 2. The first kappa shape index (κ1) is 56.8. The fraction of sp³-hybridized carbons (Fsp3) is 0.787. The molecule has 1 fully saturated rings. The van der Waals surface area contributed by atoms with Crippen LogP contribution in [0, 0.1) is 0 Å². The van der Waals surface area contributed by atoms with E-state index in [4.69, 9.17) is 18.5 Å². The van der Waals surface area contributed by atoms with Crippen LogP contribution in [-0.4, -0.2) is 98.3 Å². The molecule has 1 aliphatic carbocycles. The highest BCUT2D eigenvalue weighted by molar-refractivity contribution is 7.47. The van der Waals surface area contributed by atoms with Crippen molar-refractivity contribution in [1.82, 2.24) is 0 Å². The summed E-state index contributed by atoms with van der Waals surface area (Å²) in [5, 5.41) is 50.1. The van der Waals surface area contributed by atoms with Crippen molar-refractivity contribution >= 4 is 19.8 Å². The van der Waals surface area contributed by atoms with Crippen molar-refractivity contribution in [3.63, 3.8) is 0 Å². The van der Waals surface area contributed by atoms with Crippen LogP contribution in [-0.2, 0) is 32.7 Å². The Labute approximate surface area is 367 Å². The van der Waals surface area contributed by atoms with E-state index in [0.29, 0.717) is 19.3 Å². The number of esters is 2. The van der Waals surface area contributed by atoms with Crippen molar-refractivity contribution < 1.29 is 63.1 Å². The van der Waals surface area contributed by atoms with Gasteiger partial charge in [-0.2, -0.15) is 0 Å². The molecule has 0 amide bonds. The predicted molar refractivity (Wildman–Crippen MR) is 239 cm³/mol. The van der Waals surface area contributed by atoms with Gasteiger partial charge in [0.05, 0.1) is 6.61 Å². The topological polar surface area (TPSA) is 210 Å². The van der Waals surface area contributed by atoms with Gasteiger partial charge in [0, 0.05) is 12.8 Å². The lowest BCUT2D eigenvalue weighted by atomic mass is 9.85. The number of aliphatic hydroxyl groups excluding tert-OH is 5. The number of aliphatic hydroxyl groups is 5. The Balaban J connectivity index is 2.51. The molecule has 0 radical (unpaired) electrons. The first-order chi connectivity index (χ1) is 29.4. The molecular formula is C47H83O13P. The van der Waals surface area contributed by atoms with Gasteiger partial charge in [-0.05, 0) is 70.6 Å². The molecule has 6 unspecified atom stereocenters. The number of unbranched alkanes of at least 4 members (excludes halogenated alkanes) is 18. The molecule has 0 saturated heterocycles. The minimum atomic E-state index is -5.13. The Kier molecular flexibility index (Phi) is 34.7. The molecule has 61 heavy (non-hydrogen) atoms. The predicted octanol–water partition coefficient (Wildman–Crippen LogP) is 9.17. The first-order valence-electron chi connectivity index (χ1n) is 23.4. The number of carbonyl (C=O) groups is 2. The molecule has 1 aliphatic rings. The fourth-order valence-electron chi connectivity index (χ4n) is 6.83. The van der Waals surface area contributed by atoms with Crippen LogP contribution in [0.4, 0.5) is 0 Å². The van der Waals surface area contributed by atoms with Crippen LogP contribution < -0.4 is 0 Å². The summed E-state index contributed by atoms with van der Waals surface area (Å²) >= 11 is 0. The largest absolute Gasteiger partial charge is 0.472 e. The van der Waals surface area contributed by atoms with Gasteiger partial charge in [0.25, 0.3) is 0 Å². The molecule has 6 N–H and O–H groups in total. The van der Waals surface area contributed by atoms with Gasteiger partial charge in [0.15, 0.2) is 6.10 Å². The summed E-state index contributed by atoms with van der Waals surface area (Å²) in [6.07, 6.45) is 30.3. The number of phosphoric ester groups is 1. The van der Waals surface area contributed by atoms with E-state index in [0.717, 1.165) is 38.5 Å². The molecule has 354 valence electrons. The van der Waals surface area contributed by atoms with E-state index in [2.05, 4.69) is 50.3 Å². The first-order valence-corrected chi connectivity index (χ1v) is 24.9. The van der Waals surface area contributed by atoms with Crippen LogP contribution in [0.15, 0.2) is 48.6 Å². The number of hydrogen-bond donors (Lipinski definition) is 6. The summed E-state index contributed by atoms with van der Waals surface area (Å²) in [6.45, 7) is 3.23. The summed E-state index contributed by atoms with van der Waals surface area (Å²) in [5.74, 6) is -1.19. The monoisotopic (exact) mass is 887 g/mol. The lowest BCUT2D eigenvalue weighted by Crippen LogP contribution is -2.64. The molecule has 13 nitrogen and oxygen atoms in total. The Morgan fingerprint density at radius 1 is 0.508 bits per heavy atom. The minimum absolute atomic E-state index is 0.0554. The zero-order valence-electron chi connectivity index (χ0n) is 37.4. The van der Waals surface area contributed by atoms with E-state index in [1.165, 1.54) is 96.3 Å². The Morgan fingerprint density at radius 3 is 1.41 bits per heavy atom. The lowest BCUT2D eigenvalue weighted by molar-refractivity contribution is -0.220. The molecule has 0 aromatic heterocycles. The summed E-state index contributed by atoms with van der Waals surface area (Å²) in [4.78, 5) is 35.7. The van der Waals surface area contributed by atoms with Gasteiger partial charge in [0.2, 0.25) is 0 Å². The molecule has 0 spiro atoms. The van der Waals surface area contributed by atoms with Crippen molar-refractivity contribution in [2.24, 2.45) is 0 Å². The van der Waals surface area contributed by atoms with Gasteiger partial charge in [-0.25, -0.2) is 4.57 Å². The zero-order chi connectivity index (χ0) is 45.0. The molecule has 0 aliphatic heterocycles. The van der Waals surface area contributed by atoms with Gasteiger partial charge in [-0.3, -0.25) is 18.6 Å². The second kappa shape index (κ2) is 37.2. The van der Waals surface area contributed by atoms with E-state index < -0.39 is 75.7 Å². The van der Waals surface area contributed by atoms with Crippen LogP contribution in [0.5, 0.6) is 0 Å². The highest BCUT2D eigenvalue weighted by Gasteiger charge is 2.51. The third-order valence-corrected chi connectivity index (χ3v) is 11.6. The van der Waals surface area contributed by atoms with Crippen LogP contribution >= 0.6 is 7.82 Å². The van der Waals surface area contributed by atoms with E-state index in [-0.39, 0.29) is 12.8 Å². The van der Waals surface area contributed by atoms with Gasteiger partial charge in [-0.1, -0.05) is 146 Å². The van der Waals surface area contributed by atoms with E-state index in [1.807, 2.05) is 12.2 Å². The highest BCUT2D eigenvalue weighted by atomic mass is 31.2. The Bertz CT molecular complexity index is 1250. The van der Waals surface area contributed by atoms with Gasteiger partial charge in [-0.15, -0.1) is 0 Å². The second-order valence-electron chi connectivity index (χ2n) is 16.3. The van der Waals surface area contributed by atoms with Crippen LogP contribution in [0.1, 0.15) is 181 Å². The number of rotatable bonds is 38. The summed E-state index contributed by atoms with van der Waals surface area (Å²) < 4.78 is 33.4. The molecular weight excluding hydrogens is 803 g/mol. The SMILES string of the molecule is CCCCCCCC/C=C/C/C=C/C/C=C/CCCC(=O)OC[C@@H](COP(=O)(O)OC1C(O)C(O)C(O)[C@H](O)C1O)OC(=O)CCCC/C=C/CCCCCCCCCCC. The maximum Gasteiger partial charge on any atom is 0.472 e. The molecule has 14 heteroatoms. The normalized spacial score (nSPS) is 22.4. The van der Waals surface area contributed by atoms with E-state index in [1.54, 1.807) is 0 Å². The lowest BCUT2D eigenvalue weighted by Gasteiger charge is -2.41. The van der Waals surface area contributed by atoms with Crippen molar-refractivity contribution in [3.8, 4) is 0 Å². The van der Waals surface area contributed by atoms with E-state index >= 15 is 0 Å². The van der Waals surface area contributed by atoms with Gasteiger partial charge in [0.1, 0.15) is 43.2 Å². The van der Waals surface area contributed by atoms with Crippen LogP contribution in [0.25, 0.3) is 0 Å². The Hall–Kier alpha value is -2.19. The van der Waals surface area contributed by atoms with Crippen molar-refractivity contribution in [2.75, 3.05) is 13.2 Å². The van der Waals surface area contributed by atoms with Crippen molar-refractivity contribution in [2.45, 2.75) is 224 Å². The molecule has 0 aromatic rings. The molecule has 1 saturated carbocycles. The maximum atomic E-state index is 12.8. The van der Waals surface area contributed by atoms with Gasteiger partial charge >= 0.3 is 19.8 Å². The number of allylic oxidation sites excluding steroid dienone is 8. The third kappa shape index (κ3) is 29.7. The number of hydrogen-bond acceptors (Lipinski definition) is 12. The second-order valence-corrected chi connectivity index (χ2v) is 17.7. The number of phosphoric acid groups is 1. The quantitative estimate of drug-likeness (QED) is 0.0148. The highest BCUT2D eigenvalue weighted by Crippen LogP contribution is 2.47.